The summed E-state index contributed by atoms with van der Waals surface area (Å²) in [5.74, 6) is -0.291. The van der Waals surface area contributed by atoms with Crippen LogP contribution in [0.25, 0.3) is 10.9 Å². The zero-order chi connectivity index (χ0) is 18.5. The van der Waals surface area contributed by atoms with Gasteiger partial charge in [-0.1, -0.05) is 25.1 Å². The van der Waals surface area contributed by atoms with E-state index in [2.05, 4.69) is 29.0 Å². The maximum absolute atomic E-state index is 12.6. The molecule has 0 bridgehead atoms. The van der Waals surface area contributed by atoms with E-state index < -0.39 is 6.04 Å². The summed E-state index contributed by atoms with van der Waals surface area (Å²) in [6.45, 7) is 2.81. The number of hydrogen-bond acceptors (Lipinski definition) is 6. The van der Waals surface area contributed by atoms with Crippen molar-refractivity contribution >= 4 is 28.8 Å². The molecule has 0 spiro atoms. The molecule has 27 heavy (non-hydrogen) atoms. The van der Waals surface area contributed by atoms with Gasteiger partial charge in [0.2, 0.25) is 0 Å². The number of hydrogen-bond donors (Lipinski definition) is 1. The third-order valence-corrected chi connectivity index (χ3v) is 5.82. The molecule has 3 atom stereocenters. The molecule has 140 valence electrons. The molecule has 4 heterocycles. The second kappa shape index (κ2) is 6.09. The van der Waals surface area contributed by atoms with Crippen LogP contribution in [0.2, 0.25) is 0 Å². The molecule has 8 heteroatoms. The number of nitrogens with zero attached hydrogens (tertiary/aromatic N) is 3. The van der Waals surface area contributed by atoms with Crippen LogP contribution in [0.15, 0.2) is 35.5 Å². The number of rotatable bonds is 2. The maximum atomic E-state index is 12.6. The number of carbonyl (C=O) groups excluding carboxylic acids is 2. The topological polar surface area (TPSA) is 87.2 Å². The number of aromatic amines is 1. The molecular weight excluding hydrogens is 348 g/mol. The number of amides is 1. The van der Waals surface area contributed by atoms with Gasteiger partial charge in [-0.25, -0.2) is 5.01 Å². The minimum Gasteiger partial charge on any atom is -0.454 e. The Morgan fingerprint density at radius 1 is 1.26 bits per heavy atom. The average Bonchev–Trinajstić information content (AvgIpc) is 3.39. The molecule has 1 aromatic heterocycles. The quantitative estimate of drug-likeness (QED) is 0.811. The highest BCUT2D eigenvalue weighted by atomic mass is 16.6. The average molecular weight is 368 g/mol. The van der Waals surface area contributed by atoms with Crippen molar-refractivity contribution in [1.82, 2.24) is 15.0 Å². The number of nitrogens with one attached hydrogen (secondary N) is 1. The Kier molecular flexibility index (Phi) is 3.68. The molecule has 1 N–H and O–H groups in total. The van der Waals surface area contributed by atoms with Crippen LogP contribution in [0.5, 0.6) is 0 Å². The van der Waals surface area contributed by atoms with Gasteiger partial charge in [-0.15, -0.1) is 0 Å². The summed E-state index contributed by atoms with van der Waals surface area (Å²) in [6.07, 6.45) is 2.88. The second-order valence-corrected chi connectivity index (χ2v) is 7.21. The van der Waals surface area contributed by atoms with Crippen LogP contribution in [0.3, 0.4) is 0 Å². The first-order valence-corrected chi connectivity index (χ1v) is 9.14. The lowest BCUT2D eigenvalue weighted by atomic mass is 9.82. The predicted octanol–water partition coefficient (Wildman–Crippen LogP) is 1.61. The summed E-state index contributed by atoms with van der Waals surface area (Å²) >= 11 is 0. The zero-order valence-electron chi connectivity index (χ0n) is 14.9. The van der Waals surface area contributed by atoms with E-state index in [4.69, 9.17) is 9.47 Å². The fourth-order valence-electron chi connectivity index (χ4n) is 4.47. The van der Waals surface area contributed by atoms with Crippen molar-refractivity contribution in [1.29, 1.82) is 0 Å². The van der Waals surface area contributed by atoms with Gasteiger partial charge in [-0.05, 0) is 29.9 Å². The first-order chi connectivity index (χ1) is 13.1. The van der Waals surface area contributed by atoms with Crippen molar-refractivity contribution in [3.8, 4) is 0 Å². The molecule has 2 fully saturated rings. The number of ether oxygens (including phenoxy) is 2. The van der Waals surface area contributed by atoms with Crippen LogP contribution < -0.4 is 0 Å². The van der Waals surface area contributed by atoms with Gasteiger partial charge in [0, 0.05) is 23.6 Å². The van der Waals surface area contributed by atoms with Crippen molar-refractivity contribution in [3.05, 3.63) is 36.0 Å². The Hall–Kier alpha value is -2.87. The summed E-state index contributed by atoms with van der Waals surface area (Å²) in [7, 11) is 0. The number of carbonyl (C=O) groups is 2. The second-order valence-electron chi connectivity index (χ2n) is 7.21. The van der Waals surface area contributed by atoms with E-state index >= 15 is 0 Å². The number of fused-ring (bicyclic) bond motifs is 2. The van der Waals surface area contributed by atoms with E-state index in [9.17, 15) is 9.59 Å². The van der Waals surface area contributed by atoms with Gasteiger partial charge in [0.1, 0.15) is 6.04 Å². The lowest BCUT2D eigenvalue weighted by molar-refractivity contribution is -0.185. The van der Waals surface area contributed by atoms with E-state index in [1.807, 2.05) is 23.3 Å². The first kappa shape index (κ1) is 16.3. The molecular formula is C19H20N4O4. The maximum Gasteiger partial charge on any atom is 0.327 e. The highest BCUT2D eigenvalue weighted by Gasteiger charge is 2.50. The molecule has 2 aromatic rings. The molecule has 0 radical (unpaired) electrons. The van der Waals surface area contributed by atoms with Crippen LogP contribution in [0.4, 0.5) is 0 Å². The number of benzene rings is 1. The van der Waals surface area contributed by atoms with Crippen LogP contribution in [-0.4, -0.2) is 58.8 Å². The van der Waals surface area contributed by atoms with Gasteiger partial charge in [0.05, 0.1) is 0 Å². The fraction of sp³-hybridized carbons (Fsp3) is 0.421. The van der Waals surface area contributed by atoms with E-state index in [-0.39, 0.29) is 43.1 Å². The van der Waals surface area contributed by atoms with E-state index in [0.29, 0.717) is 6.54 Å². The molecule has 5 rings (SSSR count). The molecule has 2 saturated heterocycles. The number of aliphatic imine (C=N–C) groups is 1. The lowest BCUT2D eigenvalue weighted by Gasteiger charge is -2.40. The third kappa shape index (κ3) is 2.51. The number of esters is 1. The van der Waals surface area contributed by atoms with Gasteiger partial charge < -0.3 is 14.5 Å². The molecule has 0 aliphatic carbocycles. The number of hydrazine groups is 1. The number of cyclic esters (lactones) is 1. The van der Waals surface area contributed by atoms with E-state index in [1.54, 1.807) is 5.01 Å². The summed E-state index contributed by atoms with van der Waals surface area (Å²) in [5.41, 5.74) is 2.29. The highest BCUT2D eigenvalue weighted by molar-refractivity contribution is 5.96. The molecule has 1 aromatic carbocycles. The van der Waals surface area contributed by atoms with Gasteiger partial charge in [-0.3, -0.25) is 9.59 Å². The number of H-pyrrole nitrogens is 1. The minimum absolute atomic E-state index is 0.0234. The third-order valence-electron chi connectivity index (χ3n) is 5.82. The zero-order valence-corrected chi connectivity index (χ0v) is 14.9. The SMILES string of the molecule is C[C@@H](c1c[nH]c2ccccc12)[C@@H]1CCN2[C@@H]1C(=O)OCN2C1=NC(=O)CO1. The van der Waals surface area contributed by atoms with Crippen molar-refractivity contribution in [2.75, 3.05) is 19.9 Å². The normalized spacial score (nSPS) is 26.7. The number of aromatic nitrogens is 1. The summed E-state index contributed by atoms with van der Waals surface area (Å²) < 4.78 is 10.8. The van der Waals surface area contributed by atoms with Crippen molar-refractivity contribution in [3.63, 3.8) is 0 Å². The highest BCUT2D eigenvalue weighted by Crippen LogP contribution is 2.41. The molecule has 0 saturated carbocycles. The predicted molar refractivity (Wildman–Crippen MR) is 96.5 cm³/mol. The Bertz CT molecular complexity index is 952. The van der Waals surface area contributed by atoms with Crippen LogP contribution in [-0.2, 0) is 19.1 Å². The van der Waals surface area contributed by atoms with Crippen molar-refractivity contribution in [2.45, 2.75) is 25.3 Å². The van der Waals surface area contributed by atoms with Gasteiger partial charge in [0.25, 0.3) is 5.91 Å². The largest absolute Gasteiger partial charge is 0.454 e. The van der Waals surface area contributed by atoms with Gasteiger partial charge in [-0.2, -0.15) is 10.0 Å². The van der Waals surface area contributed by atoms with Crippen LogP contribution in [0.1, 0.15) is 24.8 Å². The van der Waals surface area contributed by atoms with E-state index in [0.717, 1.165) is 11.9 Å². The van der Waals surface area contributed by atoms with Crippen LogP contribution >= 0.6 is 0 Å². The minimum atomic E-state index is -0.413. The Morgan fingerprint density at radius 3 is 2.93 bits per heavy atom. The molecule has 8 nitrogen and oxygen atoms in total. The number of amidine groups is 1. The summed E-state index contributed by atoms with van der Waals surface area (Å²) in [4.78, 5) is 31.3. The fourth-order valence-corrected chi connectivity index (χ4v) is 4.47. The molecule has 1 amide bonds. The van der Waals surface area contributed by atoms with Crippen LogP contribution in [0, 0.1) is 5.92 Å². The lowest BCUT2D eigenvalue weighted by Crippen LogP contribution is -2.59. The van der Waals surface area contributed by atoms with Gasteiger partial charge in [0.15, 0.2) is 13.3 Å². The first-order valence-electron chi connectivity index (χ1n) is 9.14. The molecule has 3 aliphatic heterocycles. The summed E-state index contributed by atoms with van der Waals surface area (Å²) in [5, 5.41) is 4.80. The Labute approximate surface area is 155 Å². The Balaban J connectivity index is 1.45. The smallest absolute Gasteiger partial charge is 0.327 e. The Morgan fingerprint density at radius 2 is 2.11 bits per heavy atom. The molecule has 3 aliphatic rings. The molecule has 0 unspecified atom stereocenters. The van der Waals surface area contributed by atoms with Crippen molar-refractivity contribution in [2.24, 2.45) is 10.9 Å². The monoisotopic (exact) mass is 368 g/mol. The van der Waals surface area contributed by atoms with E-state index in [1.165, 1.54) is 10.9 Å². The summed E-state index contributed by atoms with van der Waals surface area (Å²) in [6, 6.07) is 7.99. The standard InChI is InChI=1S/C19H20N4O4/c1-11(14-8-20-15-5-3-2-4-13(14)15)12-6-7-22-17(12)18(25)27-10-23(22)19-21-16(24)9-26-19/h2-5,8,11-12,17,20H,6-7,9-10H2,1H3/t11-,12+,17+/m1/s1. The van der Waals surface area contributed by atoms with Gasteiger partial charge >= 0.3 is 12.0 Å². The van der Waals surface area contributed by atoms with Crippen molar-refractivity contribution < 1.29 is 19.1 Å². The number of para-hydroxylation sites is 1.